The van der Waals surface area contributed by atoms with E-state index in [1.807, 2.05) is 26.0 Å². The van der Waals surface area contributed by atoms with Crippen molar-refractivity contribution in [1.82, 2.24) is 10.2 Å². The molecule has 0 radical (unpaired) electrons. The summed E-state index contributed by atoms with van der Waals surface area (Å²) in [6.07, 6.45) is 1.37. The number of ether oxygens (including phenoxy) is 1. The highest BCUT2D eigenvalue weighted by molar-refractivity contribution is 6.08. The Kier molecular flexibility index (Phi) is 3.84. The number of esters is 1. The average Bonchev–Trinajstić information content (AvgIpc) is 2.85. The number of aromatic nitrogens is 2. The highest BCUT2D eigenvalue weighted by Crippen LogP contribution is 2.16. The van der Waals surface area contributed by atoms with Gasteiger partial charge in [-0.05, 0) is 25.5 Å². The molecular weight excluding hydrogens is 258 g/mol. The molecule has 0 saturated carbocycles. The second kappa shape index (κ2) is 5.56. The van der Waals surface area contributed by atoms with E-state index in [0.29, 0.717) is 11.3 Å². The third kappa shape index (κ3) is 2.69. The highest BCUT2D eigenvalue weighted by atomic mass is 16.5. The lowest BCUT2D eigenvalue weighted by Gasteiger charge is -2.08. The Morgan fingerprint density at radius 3 is 2.70 bits per heavy atom. The number of methoxy groups -OCH3 is 1. The predicted molar refractivity (Wildman–Crippen MR) is 73.8 cm³/mol. The smallest absolute Gasteiger partial charge is 0.358 e. The molecule has 0 fully saturated rings. The fraction of sp³-hybridized carbons (Fsp3) is 0.214. The van der Waals surface area contributed by atoms with Gasteiger partial charge < -0.3 is 10.1 Å². The summed E-state index contributed by atoms with van der Waals surface area (Å²) in [7, 11) is 1.26. The van der Waals surface area contributed by atoms with Crippen molar-refractivity contribution in [3.8, 4) is 0 Å². The Morgan fingerprint density at radius 1 is 1.30 bits per heavy atom. The van der Waals surface area contributed by atoms with Gasteiger partial charge in [0.15, 0.2) is 5.69 Å². The molecule has 0 unspecified atom stereocenters. The number of benzene rings is 1. The summed E-state index contributed by atoms with van der Waals surface area (Å²) in [6, 6.07) is 5.53. The first-order chi connectivity index (χ1) is 9.52. The summed E-state index contributed by atoms with van der Waals surface area (Å²) in [6.45, 7) is 3.82. The number of hydrogen-bond donors (Lipinski definition) is 2. The number of amides is 1. The van der Waals surface area contributed by atoms with Gasteiger partial charge in [-0.1, -0.05) is 17.7 Å². The average molecular weight is 273 g/mol. The van der Waals surface area contributed by atoms with Gasteiger partial charge in [0.25, 0.3) is 5.91 Å². The van der Waals surface area contributed by atoms with E-state index in [-0.39, 0.29) is 11.6 Å². The van der Waals surface area contributed by atoms with Gasteiger partial charge in [-0.15, -0.1) is 0 Å². The molecule has 0 atom stereocenters. The molecule has 1 amide bonds. The quantitative estimate of drug-likeness (QED) is 0.838. The first-order valence-corrected chi connectivity index (χ1v) is 6.03. The summed E-state index contributed by atoms with van der Waals surface area (Å²) in [5, 5.41) is 8.88. The molecule has 20 heavy (non-hydrogen) atoms. The molecule has 2 N–H and O–H groups in total. The first kappa shape index (κ1) is 13.8. The van der Waals surface area contributed by atoms with E-state index in [1.54, 1.807) is 6.07 Å². The van der Waals surface area contributed by atoms with Crippen molar-refractivity contribution in [3.63, 3.8) is 0 Å². The van der Waals surface area contributed by atoms with Crippen LogP contribution >= 0.6 is 0 Å². The minimum Gasteiger partial charge on any atom is -0.464 e. The molecule has 0 aliphatic rings. The molecule has 0 aliphatic heterocycles. The van der Waals surface area contributed by atoms with Gasteiger partial charge in [0.05, 0.1) is 19.0 Å². The lowest BCUT2D eigenvalue weighted by molar-refractivity contribution is 0.0595. The van der Waals surface area contributed by atoms with Crippen molar-refractivity contribution in [2.75, 3.05) is 12.4 Å². The number of carbonyl (C=O) groups excluding carboxylic acids is 2. The predicted octanol–water partition coefficient (Wildman–Crippen LogP) is 2.07. The van der Waals surface area contributed by atoms with Crippen LogP contribution in [0.5, 0.6) is 0 Å². The van der Waals surface area contributed by atoms with E-state index in [2.05, 4.69) is 20.3 Å². The Balaban J connectivity index is 2.24. The molecule has 1 aromatic carbocycles. The van der Waals surface area contributed by atoms with Gasteiger partial charge in [0.2, 0.25) is 0 Å². The summed E-state index contributed by atoms with van der Waals surface area (Å²) >= 11 is 0. The van der Waals surface area contributed by atoms with E-state index >= 15 is 0 Å². The highest BCUT2D eigenvalue weighted by Gasteiger charge is 2.17. The number of carbonyl (C=O) groups is 2. The second-order valence-electron chi connectivity index (χ2n) is 4.42. The molecule has 6 heteroatoms. The summed E-state index contributed by atoms with van der Waals surface area (Å²) in [5.74, 6) is -0.882. The molecule has 6 nitrogen and oxygen atoms in total. The fourth-order valence-corrected chi connectivity index (χ4v) is 1.90. The molecule has 0 bridgehead atoms. The standard InChI is InChI=1S/C14H15N3O3/c1-8-4-5-10(9(2)6-8)13(18)16-11-7-15-17-12(11)14(19)20-3/h4-7H,1-3H3,(H,15,17)(H,16,18). The molecule has 1 aromatic heterocycles. The van der Waals surface area contributed by atoms with Crippen LogP contribution in [0.15, 0.2) is 24.4 Å². The van der Waals surface area contributed by atoms with Crippen molar-refractivity contribution in [2.24, 2.45) is 0 Å². The molecule has 104 valence electrons. The van der Waals surface area contributed by atoms with Crippen LogP contribution in [0.3, 0.4) is 0 Å². The SMILES string of the molecule is COC(=O)c1[nH]ncc1NC(=O)c1ccc(C)cc1C. The van der Waals surface area contributed by atoms with E-state index < -0.39 is 5.97 Å². The Hall–Kier alpha value is -2.63. The van der Waals surface area contributed by atoms with Gasteiger partial charge in [-0.3, -0.25) is 9.89 Å². The maximum Gasteiger partial charge on any atom is 0.358 e. The number of rotatable bonds is 3. The van der Waals surface area contributed by atoms with E-state index in [1.165, 1.54) is 13.3 Å². The van der Waals surface area contributed by atoms with Gasteiger partial charge in [-0.25, -0.2) is 4.79 Å². The minimum absolute atomic E-state index is 0.116. The van der Waals surface area contributed by atoms with Crippen LogP contribution in [-0.2, 0) is 4.74 Å². The third-order valence-electron chi connectivity index (χ3n) is 2.90. The van der Waals surface area contributed by atoms with Gasteiger partial charge >= 0.3 is 5.97 Å². The summed E-state index contributed by atoms with van der Waals surface area (Å²) in [5.41, 5.74) is 2.91. The first-order valence-electron chi connectivity index (χ1n) is 6.03. The Bertz CT molecular complexity index is 661. The molecule has 2 aromatic rings. The van der Waals surface area contributed by atoms with Crippen molar-refractivity contribution in [3.05, 3.63) is 46.8 Å². The molecule has 1 heterocycles. The molecule has 2 rings (SSSR count). The van der Waals surface area contributed by atoms with Gasteiger partial charge in [0.1, 0.15) is 0 Å². The van der Waals surface area contributed by atoms with Crippen LogP contribution < -0.4 is 5.32 Å². The van der Waals surface area contributed by atoms with Gasteiger partial charge in [-0.2, -0.15) is 5.10 Å². The molecule has 0 aliphatic carbocycles. The van der Waals surface area contributed by atoms with Crippen LogP contribution in [0.25, 0.3) is 0 Å². The van der Waals surface area contributed by atoms with E-state index in [9.17, 15) is 9.59 Å². The summed E-state index contributed by atoms with van der Waals surface area (Å²) in [4.78, 5) is 23.7. The van der Waals surface area contributed by atoms with Crippen LogP contribution in [0.1, 0.15) is 32.0 Å². The van der Waals surface area contributed by atoms with Crippen LogP contribution in [-0.4, -0.2) is 29.2 Å². The topological polar surface area (TPSA) is 84.1 Å². The number of H-pyrrole nitrogens is 1. The maximum absolute atomic E-state index is 12.2. The zero-order valence-electron chi connectivity index (χ0n) is 11.5. The summed E-state index contributed by atoms with van der Waals surface area (Å²) < 4.78 is 4.60. The van der Waals surface area contributed by atoms with Gasteiger partial charge in [0, 0.05) is 5.56 Å². The normalized spacial score (nSPS) is 10.2. The number of hydrogen-bond acceptors (Lipinski definition) is 4. The zero-order valence-corrected chi connectivity index (χ0v) is 11.5. The lowest BCUT2D eigenvalue weighted by atomic mass is 10.1. The number of anilines is 1. The van der Waals surface area contributed by atoms with Crippen molar-refractivity contribution >= 4 is 17.6 Å². The van der Waals surface area contributed by atoms with Crippen LogP contribution in [0, 0.1) is 13.8 Å². The zero-order chi connectivity index (χ0) is 14.7. The van der Waals surface area contributed by atoms with E-state index in [0.717, 1.165) is 11.1 Å². The number of aromatic amines is 1. The number of aryl methyl sites for hydroxylation is 2. The van der Waals surface area contributed by atoms with Crippen molar-refractivity contribution in [2.45, 2.75) is 13.8 Å². The molecule has 0 spiro atoms. The fourth-order valence-electron chi connectivity index (χ4n) is 1.90. The minimum atomic E-state index is -0.585. The number of nitrogens with zero attached hydrogens (tertiary/aromatic N) is 1. The van der Waals surface area contributed by atoms with E-state index in [4.69, 9.17) is 0 Å². The van der Waals surface area contributed by atoms with Crippen molar-refractivity contribution in [1.29, 1.82) is 0 Å². The molecular formula is C14H15N3O3. The Morgan fingerprint density at radius 2 is 2.05 bits per heavy atom. The Labute approximate surface area is 116 Å². The third-order valence-corrected chi connectivity index (χ3v) is 2.90. The maximum atomic E-state index is 12.2. The number of nitrogens with one attached hydrogen (secondary N) is 2. The van der Waals surface area contributed by atoms with Crippen molar-refractivity contribution < 1.29 is 14.3 Å². The monoisotopic (exact) mass is 273 g/mol. The van der Waals surface area contributed by atoms with Crippen LogP contribution in [0.2, 0.25) is 0 Å². The largest absolute Gasteiger partial charge is 0.464 e. The molecule has 0 saturated heterocycles. The van der Waals surface area contributed by atoms with Crippen LogP contribution in [0.4, 0.5) is 5.69 Å². The lowest BCUT2D eigenvalue weighted by Crippen LogP contribution is -2.15. The second-order valence-corrected chi connectivity index (χ2v) is 4.42.